The lowest BCUT2D eigenvalue weighted by molar-refractivity contribution is -0.0852. The molecular weight excluding hydrogens is 280 g/mol. The summed E-state index contributed by atoms with van der Waals surface area (Å²) in [5.41, 5.74) is -0.188. The minimum atomic E-state index is -0.563. The molecule has 0 aliphatic carbocycles. The molecule has 22 heavy (non-hydrogen) atoms. The van der Waals surface area contributed by atoms with Crippen LogP contribution in [0.25, 0.3) is 0 Å². The lowest BCUT2D eigenvalue weighted by Crippen LogP contribution is -2.40. The Morgan fingerprint density at radius 3 is 1.95 bits per heavy atom. The van der Waals surface area contributed by atoms with Gasteiger partial charge in [0.15, 0.2) is 0 Å². The van der Waals surface area contributed by atoms with Gasteiger partial charge in [0.2, 0.25) is 0 Å². The van der Waals surface area contributed by atoms with Crippen molar-refractivity contribution in [1.82, 2.24) is 0 Å². The van der Waals surface area contributed by atoms with Crippen molar-refractivity contribution in [3.05, 3.63) is 0 Å². The summed E-state index contributed by atoms with van der Waals surface area (Å²) in [6.07, 6.45) is 12.8. The van der Waals surface area contributed by atoms with Crippen LogP contribution in [0.5, 0.6) is 0 Å². The van der Waals surface area contributed by atoms with Gasteiger partial charge < -0.3 is 14.2 Å². The zero-order chi connectivity index (χ0) is 16.1. The van der Waals surface area contributed by atoms with Gasteiger partial charge >= 0.3 is 6.16 Å². The van der Waals surface area contributed by atoms with Crippen LogP contribution < -0.4 is 0 Å². The Kier molecular flexibility index (Phi) is 10.3. The molecule has 130 valence electrons. The van der Waals surface area contributed by atoms with Gasteiger partial charge in [-0.2, -0.15) is 0 Å². The molecule has 1 rings (SSSR count). The lowest BCUT2D eigenvalue weighted by atomic mass is 9.94. The van der Waals surface area contributed by atoms with Crippen molar-refractivity contribution in [3.63, 3.8) is 0 Å². The van der Waals surface area contributed by atoms with Crippen molar-refractivity contribution in [2.45, 2.75) is 78.1 Å². The number of cyclic esters (lactones) is 2. The predicted octanol–water partition coefficient (Wildman–Crippen LogP) is 5.10. The standard InChI is InChI=1S/C18H34O4/c1-3-4-5-6-7-8-9-10-11-12-13-20-14-18(2)15-21-17(19)22-16-18/h3-16H2,1-2H3. The van der Waals surface area contributed by atoms with Crippen LogP contribution in [0.1, 0.15) is 78.1 Å². The zero-order valence-electron chi connectivity index (χ0n) is 14.5. The van der Waals surface area contributed by atoms with E-state index in [-0.39, 0.29) is 5.41 Å². The third-order valence-corrected chi connectivity index (χ3v) is 4.17. The highest BCUT2D eigenvalue weighted by Crippen LogP contribution is 2.22. The summed E-state index contributed by atoms with van der Waals surface area (Å²) in [6, 6.07) is 0. The average molecular weight is 314 g/mol. The fraction of sp³-hybridized carbons (Fsp3) is 0.944. The van der Waals surface area contributed by atoms with Crippen molar-refractivity contribution in [1.29, 1.82) is 0 Å². The Hall–Kier alpha value is -0.770. The minimum absolute atomic E-state index is 0.188. The van der Waals surface area contributed by atoms with Gasteiger partial charge in [0.1, 0.15) is 13.2 Å². The first-order valence-corrected chi connectivity index (χ1v) is 9.03. The summed E-state index contributed by atoms with van der Waals surface area (Å²) in [6.45, 7) is 6.46. The number of carbonyl (C=O) groups is 1. The monoisotopic (exact) mass is 314 g/mol. The average Bonchev–Trinajstić information content (AvgIpc) is 2.52. The van der Waals surface area contributed by atoms with E-state index >= 15 is 0 Å². The van der Waals surface area contributed by atoms with Crippen LogP contribution in [0, 0.1) is 5.41 Å². The molecule has 1 fully saturated rings. The first-order chi connectivity index (χ1) is 10.7. The van der Waals surface area contributed by atoms with Crippen LogP contribution in [0.4, 0.5) is 4.79 Å². The molecule has 1 saturated heterocycles. The van der Waals surface area contributed by atoms with E-state index < -0.39 is 6.16 Å². The molecular formula is C18H34O4. The summed E-state index contributed by atoms with van der Waals surface area (Å²) in [5, 5.41) is 0. The molecule has 0 aromatic rings. The molecule has 1 aliphatic heterocycles. The summed E-state index contributed by atoms with van der Waals surface area (Å²) in [4.78, 5) is 10.8. The predicted molar refractivity (Wildman–Crippen MR) is 88.1 cm³/mol. The lowest BCUT2D eigenvalue weighted by Gasteiger charge is -2.31. The van der Waals surface area contributed by atoms with Crippen molar-refractivity contribution >= 4 is 6.16 Å². The van der Waals surface area contributed by atoms with Gasteiger partial charge in [-0.25, -0.2) is 4.79 Å². The second kappa shape index (κ2) is 11.8. The van der Waals surface area contributed by atoms with Crippen LogP contribution in [0.2, 0.25) is 0 Å². The van der Waals surface area contributed by atoms with Gasteiger partial charge in [-0.05, 0) is 6.42 Å². The molecule has 0 unspecified atom stereocenters. The number of unbranched alkanes of at least 4 members (excludes halogenated alkanes) is 9. The fourth-order valence-electron chi connectivity index (χ4n) is 2.64. The smallest absolute Gasteiger partial charge is 0.433 e. The molecule has 0 radical (unpaired) electrons. The van der Waals surface area contributed by atoms with Gasteiger partial charge in [0.05, 0.1) is 12.0 Å². The maximum atomic E-state index is 10.8. The zero-order valence-corrected chi connectivity index (χ0v) is 14.5. The summed E-state index contributed by atoms with van der Waals surface area (Å²) >= 11 is 0. The highest BCUT2D eigenvalue weighted by Gasteiger charge is 2.33. The molecule has 0 spiro atoms. The normalized spacial score (nSPS) is 17.1. The molecule has 0 aromatic heterocycles. The largest absolute Gasteiger partial charge is 0.508 e. The highest BCUT2D eigenvalue weighted by molar-refractivity contribution is 5.60. The molecule has 0 bridgehead atoms. The van der Waals surface area contributed by atoms with E-state index in [0.29, 0.717) is 19.8 Å². The number of hydrogen-bond acceptors (Lipinski definition) is 4. The van der Waals surface area contributed by atoms with E-state index in [1.807, 2.05) is 6.92 Å². The summed E-state index contributed by atoms with van der Waals surface area (Å²) in [5.74, 6) is 0. The Morgan fingerprint density at radius 2 is 1.41 bits per heavy atom. The van der Waals surface area contributed by atoms with Gasteiger partial charge in [0.25, 0.3) is 0 Å². The molecule has 4 heteroatoms. The van der Waals surface area contributed by atoms with E-state index in [1.54, 1.807) is 0 Å². The Morgan fingerprint density at radius 1 is 0.909 bits per heavy atom. The van der Waals surface area contributed by atoms with Crippen LogP contribution in [-0.2, 0) is 14.2 Å². The first kappa shape index (κ1) is 19.3. The number of carbonyl (C=O) groups excluding carboxylic acids is 1. The number of ether oxygens (including phenoxy) is 3. The molecule has 0 amide bonds. The van der Waals surface area contributed by atoms with E-state index in [0.717, 1.165) is 13.0 Å². The van der Waals surface area contributed by atoms with Gasteiger partial charge in [-0.15, -0.1) is 0 Å². The molecule has 0 atom stereocenters. The van der Waals surface area contributed by atoms with Crippen molar-refractivity contribution in [3.8, 4) is 0 Å². The van der Waals surface area contributed by atoms with Crippen molar-refractivity contribution in [2.75, 3.05) is 26.4 Å². The maximum absolute atomic E-state index is 10.8. The van der Waals surface area contributed by atoms with Crippen LogP contribution in [0.3, 0.4) is 0 Å². The first-order valence-electron chi connectivity index (χ1n) is 9.03. The third kappa shape index (κ3) is 9.29. The van der Waals surface area contributed by atoms with E-state index in [4.69, 9.17) is 14.2 Å². The molecule has 0 saturated carbocycles. The van der Waals surface area contributed by atoms with E-state index in [1.165, 1.54) is 57.8 Å². The molecule has 0 N–H and O–H groups in total. The molecule has 4 nitrogen and oxygen atoms in total. The highest BCUT2D eigenvalue weighted by atomic mass is 16.7. The summed E-state index contributed by atoms with van der Waals surface area (Å²) in [7, 11) is 0. The minimum Gasteiger partial charge on any atom is -0.433 e. The van der Waals surface area contributed by atoms with Crippen molar-refractivity contribution in [2.24, 2.45) is 5.41 Å². The van der Waals surface area contributed by atoms with Crippen LogP contribution in [0.15, 0.2) is 0 Å². The Labute approximate surface area is 135 Å². The number of hydrogen-bond donors (Lipinski definition) is 0. The molecule has 1 aliphatic rings. The third-order valence-electron chi connectivity index (χ3n) is 4.17. The second-order valence-corrected chi connectivity index (χ2v) is 6.87. The quantitative estimate of drug-likeness (QED) is 0.350. The molecule has 0 aromatic carbocycles. The number of rotatable bonds is 13. The van der Waals surface area contributed by atoms with Crippen LogP contribution >= 0.6 is 0 Å². The van der Waals surface area contributed by atoms with Gasteiger partial charge in [-0.1, -0.05) is 71.6 Å². The van der Waals surface area contributed by atoms with Crippen molar-refractivity contribution < 1.29 is 19.0 Å². The molecule has 1 heterocycles. The SMILES string of the molecule is CCCCCCCCCCCCOCC1(C)COC(=O)OC1. The van der Waals surface area contributed by atoms with E-state index in [9.17, 15) is 4.79 Å². The van der Waals surface area contributed by atoms with Gasteiger partial charge in [-0.3, -0.25) is 0 Å². The Bertz CT molecular complexity index is 281. The van der Waals surface area contributed by atoms with Crippen LogP contribution in [-0.4, -0.2) is 32.6 Å². The Balaban J connectivity index is 1.83. The van der Waals surface area contributed by atoms with E-state index in [2.05, 4.69) is 6.92 Å². The summed E-state index contributed by atoms with van der Waals surface area (Å²) < 4.78 is 15.5. The topological polar surface area (TPSA) is 44.8 Å². The maximum Gasteiger partial charge on any atom is 0.508 e. The second-order valence-electron chi connectivity index (χ2n) is 6.87. The van der Waals surface area contributed by atoms with Gasteiger partial charge in [0, 0.05) is 6.61 Å². The fourth-order valence-corrected chi connectivity index (χ4v) is 2.64.